The fourth-order valence-electron chi connectivity index (χ4n) is 1.86. The van der Waals surface area contributed by atoms with Crippen molar-refractivity contribution in [1.29, 1.82) is 0 Å². The third-order valence-corrected chi connectivity index (χ3v) is 2.92. The lowest BCUT2D eigenvalue weighted by Gasteiger charge is -2.39. The summed E-state index contributed by atoms with van der Waals surface area (Å²) in [6.45, 7) is -0.523. The zero-order valence-electron chi connectivity index (χ0n) is 9.96. The Morgan fingerprint density at radius 2 is 1.84 bits per heavy atom. The van der Waals surface area contributed by atoms with Crippen molar-refractivity contribution in [1.82, 2.24) is 0 Å². The van der Waals surface area contributed by atoms with E-state index in [0.29, 0.717) is 0 Å². The average Bonchev–Trinajstić information content (AvgIpc) is 2.39. The highest BCUT2D eigenvalue weighted by Gasteiger charge is 2.44. The fourth-order valence-corrected chi connectivity index (χ4v) is 1.86. The maximum atomic E-state index is 9.75. The van der Waals surface area contributed by atoms with Crippen LogP contribution in [0.15, 0.2) is 24.3 Å². The molecule has 7 nitrogen and oxygen atoms in total. The minimum Gasteiger partial charge on any atom is -0.508 e. The van der Waals surface area contributed by atoms with Crippen molar-refractivity contribution >= 4 is 0 Å². The third-order valence-electron chi connectivity index (χ3n) is 2.92. The summed E-state index contributed by atoms with van der Waals surface area (Å²) >= 11 is 0. The Labute approximate surface area is 109 Å². The van der Waals surface area contributed by atoms with Gasteiger partial charge in [-0.25, -0.2) is 0 Å². The topological polar surface area (TPSA) is 120 Å². The molecule has 1 aliphatic heterocycles. The minimum atomic E-state index is -1.49. The van der Waals surface area contributed by atoms with Crippen molar-refractivity contribution < 1.29 is 35.0 Å². The molecule has 5 N–H and O–H groups in total. The molecule has 0 bridgehead atoms. The van der Waals surface area contributed by atoms with Crippen LogP contribution in [0.4, 0.5) is 0 Å². The molecule has 1 fully saturated rings. The minimum absolute atomic E-state index is 0.0258. The molecule has 19 heavy (non-hydrogen) atoms. The van der Waals surface area contributed by atoms with Gasteiger partial charge in [0.05, 0.1) is 6.61 Å². The van der Waals surface area contributed by atoms with E-state index in [4.69, 9.17) is 14.6 Å². The molecule has 1 saturated heterocycles. The molecule has 106 valence electrons. The van der Waals surface area contributed by atoms with E-state index in [1.54, 1.807) is 0 Å². The van der Waals surface area contributed by atoms with Crippen LogP contribution in [0.25, 0.3) is 0 Å². The maximum absolute atomic E-state index is 9.75. The van der Waals surface area contributed by atoms with E-state index in [1.807, 2.05) is 0 Å². The largest absolute Gasteiger partial charge is 0.508 e. The number of phenols is 1. The third kappa shape index (κ3) is 2.96. The second-order valence-electron chi connectivity index (χ2n) is 4.31. The number of aromatic hydroxyl groups is 1. The van der Waals surface area contributed by atoms with Gasteiger partial charge in [-0.05, 0) is 12.1 Å². The summed E-state index contributed by atoms with van der Waals surface area (Å²) in [6, 6.07) is 5.82. The molecule has 5 atom stereocenters. The standard InChI is InChI=1S/C12H16O7/c13-5-8-9(15)10(16)11(17)12(19-8)18-7-3-1-2-6(14)4-7/h1-4,8-17H,5H2/t8-,9-,10+,11-,12?/m1/s1. The number of benzene rings is 1. The van der Waals surface area contributed by atoms with E-state index >= 15 is 0 Å². The van der Waals surface area contributed by atoms with Gasteiger partial charge >= 0.3 is 0 Å². The van der Waals surface area contributed by atoms with Crippen LogP contribution in [0.2, 0.25) is 0 Å². The predicted molar refractivity (Wildman–Crippen MR) is 62.5 cm³/mol. The van der Waals surface area contributed by atoms with E-state index < -0.39 is 37.3 Å². The Hall–Kier alpha value is -1.38. The molecular formula is C12H16O7. The van der Waals surface area contributed by atoms with Crippen LogP contribution in [0.1, 0.15) is 0 Å². The van der Waals surface area contributed by atoms with Gasteiger partial charge in [0.2, 0.25) is 6.29 Å². The highest BCUT2D eigenvalue weighted by molar-refractivity contribution is 5.31. The molecule has 2 rings (SSSR count). The molecule has 1 aliphatic rings. The summed E-state index contributed by atoms with van der Waals surface area (Å²) in [5.41, 5.74) is 0. The summed E-state index contributed by atoms with van der Waals surface area (Å²) in [6.07, 6.45) is -6.67. The number of hydrogen-bond donors (Lipinski definition) is 5. The monoisotopic (exact) mass is 272 g/mol. The number of aliphatic hydroxyl groups excluding tert-OH is 4. The van der Waals surface area contributed by atoms with Crippen LogP contribution in [-0.4, -0.2) is 62.8 Å². The van der Waals surface area contributed by atoms with Gasteiger partial charge in [-0.15, -0.1) is 0 Å². The zero-order valence-corrected chi connectivity index (χ0v) is 9.96. The summed E-state index contributed by atoms with van der Waals surface area (Å²) in [5.74, 6) is 0.200. The van der Waals surface area contributed by atoms with Crippen molar-refractivity contribution in [3.63, 3.8) is 0 Å². The molecular weight excluding hydrogens is 256 g/mol. The summed E-state index contributed by atoms with van der Waals surface area (Å²) in [7, 11) is 0. The van der Waals surface area contributed by atoms with Crippen molar-refractivity contribution in [3.8, 4) is 11.5 Å². The second kappa shape index (κ2) is 5.72. The van der Waals surface area contributed by atoms with Crippen molar-refractivity contribution in [3.05, 3.63) is 24.3 Å². The summed E-state index contributed by atoms with van der Waals surface area (Å²) in [5, 5.41) is 47.2. The lowest BCUT2D eigenvalue weighted by atomic mass is 9.99. The predicted octanol–water partition coefficient (Wildman–Crippen LogP) is -1.43. The first-order chi connectivity index (χ1) is 9.02. The van der Waals surface area contributed by atoms with Crippen LogP contribution in [0.5, 0.6) is 11.5 Å². The van der Waals surface area contributed by atoms with Crippen molar-refractivity contribution in [2.24, 2.45) is 0 Å². The van der Waals surface area contributed by atoms with Gasteiger partial charge in [0.1, 0.15) is 35.9 Å². The Kier molecular flexibility index (Phi) is 4.23. The van der Waals surface area contributed by atoms with E-state index in [2.05, 4.69) is 0 Å². The molecule has 7 heteroatoms. The number of ether oxygens (including phenoxy) is 2. The smallest absolute Gasteiger partial charge is 0.229 e. The number of phenolic OH excluding ortho intramolecular Hbond substituents is 1. The second-order valence-corrected chi connectivity index (χ2v) is 4.31. The maximum Gasteiger partial charge on any atom is 0.229 e. The molecule has 0 spiro atoms. The van der Waals surface area contributed by atoms with Gasteiger partial charge in [-0.1, -0.05) is 6.07 Å². The normalized spacial score (nSPS) is 35.1. The Morgan fingerprint density at radius 1 is 1.11 bits per heavy atom. The van der Waals surface area contributed by atoms with Crippen LogP contribution in [0, 0.1) is 0 Å². The first-order valence-corrected chi connectivity index (χ1v) is 5.79. The highest BCUT2D eigenvalue weighted by Crippen LogP contribution is 2.25. The number of hydrogen-bond acceptors (Lipinski definition) is 7. The summed E-state index contributed by atoms with van der Waals surface area (Å²) < 4.78 is 10.4. The molecule has 0 radical (unpaired) electrons. The molecule has 0 amide bonds. The Bertz CT molecular complexity index is 422. The van der Waals surface area contributed by atoms with E-state index in [-0.39, 0.29) is 11.5 Å². The van der Waals surface area contributed by atoms with Crippen LogP contribution >= 0.6 is 0 Å². The van der Waals surface area contributed by atoms with Gasteiger partial charge in [0.25, 0.3) is 0 Å². The molecule has 0 aromatic heterocycles. The summed E-state index contributed by atoms with van der Waals surface area (Å²) in [4.78, 5) is 0. The van der Waals surface area contributed by atoms with E-state index in [1.165, 1.54) is 24.3 Å². The first kappa shape index (κ1) is 14.0. The van der Waals surface area contributed by atoms with Crippen molar-refractivity contribution in [2.75, 3.05) is 6.61 Å². The van der Waals surface area contributed by atoms with Gasteiger partial charge in [0.15, 0.2) is 0 Å². The molecule has 1 unspecified atom stereocenters. The zero-order chi connectivity index (χ0) is 14.0. The van der Waals surface area contributed by atoms with Crippen LogP contribution < -0.4 is 4.74 Å². The Balaban J connectivity index is 2.10. The highest BCUT2D eigenvalue weighted by atomic mass is 16.7. The average molecular weight is 272 g/mol. The molecule has 1 aromatic rings. The first-order valence-electron chi connectivity index (χ1n) is 5.79. The molecule has 1 heterocycles. The van der Waals surface area contributed by atoms with Crippen molar-refractivity contribution in [2.45, 2.75) is 30.7 Å². The quantitative estimate of drug-likeness (QED) is 0.457. The number of aliphatic hydroxyl groups is 4. The van der Waals surface area contributed by atoms with Gasteiger partial charge in [-0.2, -0.15) is 0 Å². The lowest BCUT2D eigenvalue weighted by Crippen LogP contribution is -2.60. The molecule has 1 aromatic carbocycles. The van der Waals surface area contributed by atoms with Crippen LogP contribution in [0.3, 0.4) is 0 Å². The van der Waals surface area contributed by atoms with Crippen LogP contribution in [-0.2, 0) is 4.74 Å². The van der Waals surface area contributed by atoms with Gasteiger partial charge < -0.3 is 35.0 Å². The molecule has 0 aliphatic carbocycles. The SMILES string of the molecule is OC[C@H]1OC(Oc2cccc(O)c2)[C@H](O)[C@@H](O)[C@@H]1O. The Morgan fingerprint density at radius 3 is 2.47 bits per heavy atom. The van der Waals surface area contributed by atoms with Gasteiger partial charge in [-0.3, -0.25) is 0 Å². The van der Waals surface area contributed by atoms with E-state index in [9.17, 15) is 20.4 Å². The van der Waals surface area contributed by atoms with Gasteiger partial charge in [0, 0.05) is 6.07 Å². The fraction of sp³-hybridized carbons (Fsp3) is 0.500. The van der Waals surface area contributed by atoms with E-state index in [0.717, 1.165) is 0 Å². The number of rotatable bonds is 3. The lowest BCUT2D eigenvalue weighted by molar-refractivity contribution is -0.277. The molecule has 0 saturated carbocycles.